The summed E-state index contributed by atoms with van der Waals surface area (Å²) in [7, 11) is 1.64. The van der Waals surface area contributed by atoms with Crippen LogP contribution in [0.4, 0.5) is 10.7 Å². The number of nitrogens with two attached hydrogens (primary N) is 1. The molecule has 0 radical (unpaired) electrons. The Balaban J connectivity index is 2.90. The van der Waals surface area contributed by atoms with Gasteiger partial charge in [0.1, 0.15) is 9.88 Å². The highest BCUT2D eigenvalue weighted by molar-refractivity contribution is 7.99. The van der Waals surface area contributed by atoms with Crippen molar-refractivity contribution in [3.63, 3.8) is 0 Å². The molecule has 3 N–H and O–H groups in total. The van der Waals surface area contributed by atoms with Gasteiger partial charge in [-0.3, -0.25) is 0 Å². The van der Waals surface area contributed by atoms with Gasteiger partial charge < -0.3 is 20.5 Å². The fraction of sp³-hybridized carbons (Fsp3) is 0.545. The van der Waals surface area contributed by atoms with Crippen LogP contribution in [0.3, 0.4) is 0 Å². The predicted octanol–water partition coefficient (Wildman–Crippen LogP) is 2.29. The maximum absolute atomic E-state index is 11.7. The van der Waals surface area contributed by atoms with Crippen molar-refractivity contribution >= 4 is 39.8 Å². The van der Waals surface area contributed by atoms with E-state index in [0.29, 0.717) is 30.3 Å². The number of ether oxygens (including phenoxy) is 2. The smallest absolute Gasteiger partial charge is 0.350 e. The van der Waals surface area contributed by atoms with Crippen LogP contribution in [0.2, 0.25) is 0 Å². The SMILES string of the molecule is CCOC(=O)c1sc(NCCOC)c(SC)c1N. The zero-order valence-electron chi connectivity index (χ0n) is 10.7. The Morgan fingerprint density at radius 1 is 1.56 bits per heavy atom. The third-order valence-electron chi connectivity index (χ3n) is 2.16. The van der Waals surface area contributed by atoms with Crippen molar-refractivity contribution in [2.45, 2.75) is 11.8 Å². The number of hydrogen-bond acceptors (Lipinski definition) is 7. The molecule has 0 aromatic carbocycles. The van der Waals surface area contributed by atoms with Crippen LogP contribution >= 0.6 is 23.1 Å². The summed E-state index contributed by atoms with van der Waals surface area (Å²) in [6.45, 7) is 3.39. The zero-order chi connectivity index (χ0) is 13.5. The number of carbonyl (C=O) groups excluding carboxylic acids is 1. The molecule has 0 spiro atoms. The molecule has 0 unspecified atom stereocenters. The monoisotopic (exact) mass is 290 g/mol. The van der Waals surface area contributed by atoms with Crippen LogP contribution < -0.4 is 11.1 Å². The first-order valence-corrected chi connectivity index (χ1v) is 7.56. The van der Waals surface area contributed by atoms with E-state index in [1.54, 1.807) is 14.0 Å². The molecule has 0 saturated carbocycles. The highest BCUT2D eigenvalue weighted by Crippen LogP contribution is 2.41. The summed E-state index contributed by atoms with van der Waals surface area (Å²) in [5, 5.41) is 4.10. The normalized spacial score (nSPS) is 10.4. The van der Waals surface area contributed by atoms with E-state index >= 15 is 0 Å². The molecule has 5 nitrogen and oxygen atoms in total. The predicted molar refractivity (Wildman–Crippen MR) is 76.8 cm³/mol. The summed E-state index contributed by atoms with van der Waals surface area (Å²) in [5.74, 6) is -0.366. The molecule has 7 heteroatoms. The molecule has 102 valence electrons. The van der Waals surface area contributed by atoms with Gasteiger partial charge in [0.05, 0.1) is 23.8 Å². The Morgan fingerprint density at radius 2 is 2.28 bits per heavy atom. The molecule has 0 amide bonds. The number of nitrogen functional groups attached to an aromatic ring is 1. The van der Waals surface area contributed by atoms with Crippen LogP contribution in [0.1, 0.15) is 16.6 Å². The Hall–Kier alpha value is -0.920. The van der Waals surface area contributed by atoms with Crippen molar-refractivity contribution < 1.29 is 14.3 Å². The first-order chi connectivity index (χ1) is 8.65. The van der Waals surface area contributed by atoms with Crippen LogP contribution in [0.15, 0.2) is 4.90 Å². The highest BCUT2D eigenvalue weighted by Gasteiger charge is 2.21. The number of thioether (sulfide) groups is 1. The minimum atomic E-state index is -0.366. The standard InChI is InChI=1S/C11H18N2O3S2/c1-4-16-11(14)9-7(12)8(17-3)10(18-9)13-5-6-15-2/h13H,4-6,12H2,1-3H3. The van der Waals surface area contributed by atoms with Crippen molar-refractivity contribution in [2.75, 3.05) is 44.2 Å². The first-order valence-electron chi connectivity index (χ1n) is 5.51. The number of anilines is 2. The Bertz CT molecular complexity index is 407. The maximum Gasteiger partial charge on any atom is 0.350 e. The van der Waals surface area contributed by atoms with Crippen LogP contribution in [-0.4, -0.2) is 39.1 Å². The van der Waals surface area contributed by atoms with Crippen LogP contribution in [0.5, 0.6) is 0 Å². The number of methoxy groups -OCH3 is 1. The largest absolute Gasteiger partial charge is 0.462 e. The second kappa shape index (κ2) is 7.50. The summed E-state index contributed by atoms with van der Waals surface area (Å²) in [6.07, 6.45) is 1.93. The minimum absolute atomic E-state index is 0.344. The lowest BCUT2D eigenvalue weighted by atomic mass is 10.4. The summed E-state index contributed by atoms with van der Waals surface area (Å²) in [6, 6.07) is 0. The number of hydrogen-bond donors (Lipinski definition) is 2. The van der Waals surface area contributed by atoms with Gasteiger partial charge in [-0.05, 0) is 13.2 Å². The number of carbonyl (C=O) groups is 1. The van der Waals surface area contributed by atoms with E-state index in [9.17, 15) is 4.79 Å². The van der Waals surface area contributed by atoms with Crippen molar-refractivity contribution in [3.05, 3.63) is 4.88 Å². The molecular formula is C11H18N2O3S2. The molecule has 1 heterocycles. The summed E-state index contributed by atoms with van der Waals surface area (Å²) in [5.41, 5.74) is 6.46. The molecule has 0 aliphatic rings. The van der Waals surface area contributed by atoms with Gasteiger partial charge in [0.25, 0.3) is 0 Å². The Labute approximate surface area is 115 Å². The quantitative estimate of drug-likeness (QED) is 0.456. The van der Waals surface area contributed by atoms with Crippen LogP contribution in [0.25, 0.3) is 0 Å². The van der Waals surface area contributed by atoms with Crippen molar-refractivity contribution in [1.82, 2.24) is 0 Å². The van der Waals surface area contributed by atoms with Crippen LogP contribution in [-0.2, 0) is 9.47 Å². The third kappa shape index (κ3) is 3.54. The van der Waals surface area contributed by atoms with E-state index in [2.05, 4.69) is 5.32 Å². The molecule has 0 fully saturated rings. The second-order valence-electron chi connectivity index (χ2n) is 3.35. The summed E-state index contributed by atoms with van der Waals surface area (Å²) in [4.78, 5) is 13.1. The molecule has 0 atom stereocenters. The fourth-order valence-electron chi connectivity index (χ4n) is 1.36. The van der Waals surface area contributed by atoms with Gasteiger partial charge in [-0.2, -0.15) is 0 Å². The fourth-order valence-corrected chi connectivity index (χ4v) is 3.32. The molecule has 0 bridgehead atoms. The summed E-state index contributed by atoms with van der Waals surface area (Å²) >= 11 is 2.83. The number of esters is 1. The van der Waals surface area contributed by atoms with Gasteiger partial charge in [0, 0.05) is 13.7 Å². The Morgan fingerprint density at radius 3 is 2.83 bits per heavy atom. The average molecular weight is 290 g/mol. The molecular weight excluding hydrogens is 272 g/mol. The molecule has 0 saturated heterocycles. The molecule has 1 aromatic heterocycles. The van der Waals surface area contributed by atoms with Crippen molar-refractivity contribution in [2.24, 2.45) is 0 Å². The average Bonchev–Trinajstić information content (AvgIpc) is 2.66. The molecule has 1 rings (SSSR count). The Kier molecular flexibility index (Phi) is 6.31. The van der Waals surface area contributed by atoms with E-state index in [-0.39, 0.29) is 5.97 Å². The lowest BCUT2D eigenvalue weighted by Crippen LogP contribution is -2.06. The number of nitrogens with one attached hydrogen (secondary N) is 1. The highest BCUT2D eigenvalue weighted by atomic mass is 32.2. The molecule has 0 aliphatic heterocycles. The zero-order valence-corrected chi connectivity index (χ0v) is 12.4. The van der Waals surface area contributed by atoms with E-state index in [0.717, 1.165) is 9.90 Å². The third-order valence-corrected chi connectivity index (χ3v) is 4.26. The lowest BCUT2D eigenvalue weighted by molar-refractivity contribution is 0.0533. The molecule has 0 aliphatic carbocycles. The van der Waals surface area contributed by atoms with Crippen molar-refractivity contribution in [1.29, 1.82) is 0 Å². The topological polar surface area (TPSA) is 73.6 Å². The lowest BCUT2D eigenvalue weighted by Gasteiger charge is -2.04. The van der Waals surface area contributed by atoms with E-state index in [1.807, 2.05) is 6.26 Å². The summed E-state index contributed by atoms with van der Waals surface area (Å²) < 4.78 is 9.95. The first kappa shape index (κ1) is 15.1. The van der Waals surface area contributed by atoms with Gasteiger partial charge in [0.2, 0.25) is 0 Å². The van der Waals surface area contributed by atoms with Gasteiger partial charge in [-0.15, -0.1) is 23.1 Å². The molecule has 1 aromatic rings. The number of rotatable bonds is 7. The second-order valence-corrected chi connectivity index (χ2v) is 5.18. The van der Waals surface area contributed by atoms with E-state index < -0.39 is 0 Å². The van der Waals surface area contributed by atoms with Gasteiger partial charge in [0.15, 0.2) is 0 Å². The minimum Gasteiger partial charge on any atom is -0.462 e. The maximum atomic E-state index is 11.7. The van der Waals surface area contributed by atoms with Gasteiger partial charge >= 0.3 is 5.97 Å². The van der Waals surface area contributed by atoms with Crippen LogP contribution in [0, 0.1) is 0 Å². The van der Waals surface area contributed by atoms with Gasteiger partial charge in [-0.1, -0.05) is 0 Å². The van der Waals surface area contributed by atoms with Crippen molar-refractivity contribution in [3.8, 4) is 0 Å². The van der Waals surface area contributed by atoms with E-state index in [4.69, 9.17) is 15.2 Å². The number of thiophene rings is 1. The molecule has 18 heavy (non-hydrogen) atoms. The van der Waals surface area contributed by atoms with E-state index in [1.165, 1.54) is 23.1 Å². The van der Waals surface area contributed by atoms with Gasteiger partial charge in [-0.25, -0.2) is 4.79 Å².